The minimum Gasteiger partial charge on any atom is -0.503 e. The van der Waals surface area contributed by atoms with Crippen LogP contribution in [0.4, 0.5) is 8.78 Å². The summed E-state index contributed by atoms with van der Waals surface area (Å²) in [5.41, 5.74) is 0.267. The Bertz CT molecular complexity index is 1150. The number of nitrogens with zero attached hydrogens (tertiary/aromatic N) is 1. The number of phenolic OH excluding ortho intramolecular Hbond substituents is 1. The van der Waals surface area contributed by atoms with Crippen LogP contribution in [0.3, 0.4) is 0 Å². The van der Waals surface area contributed by atoms with Crippen LogP contribution in [0.1, 0.15) is 47.8 Å². The summed E-state index contributed by atoms with van der Waals surface area (Å²) in [5.74, 6) is -7.11. The van der Waals surface area contributed by atoms with Crippen molar-refractivity contribution < 1.29 is 28.6 Å². The number of hydrogen-bond donors (Lipinski definition) is 2. The van der Waals surface area contributed by atoms with Crippen LogP contribution in [0, 0.1) is 24.5 Å². The Morgan fingerprint density at radius 2 is 1.80 bits per heavy atom. The number of aromatic hydroxyl groups is 1. The average molecular weight is 436 g/mol. The van der Waals surface area contributed by atoms with E-state index < -0.39 is 41.1 Å². The van der Waals surface area contributed by atoms with Crippen molar-refractivity contribution in [2.45, 2.75) is 33.1 Å². The van der Waals surface area contributed by atoms with E-state index in [1.54, 1.807) is 13.8 Å². The maximum absolute atomic E-state index is 15.0. The molecule has 0 saturated carbocycles. The number of phenols is 1. The molecule has 0 radical (unpaired) electrons. The van der Waals surface area contributed by atoms with E-state index in [4.69, 9.17) is 11.6 Å². The van der Waals surface area contributed by atoms with Crippen LogP contribution in [0.25, 0.3) is 10.9 Å². The summed E-state index contributed by atoms with van der Waals surface area (Å²) in [5, 5.41) is 19.8. The lowest BCUT2D eigenvalue weighted by atomic mass is 9.84. The molecule has 2 aromatic carbocycles. The van der Waals surface area contributed by atoms with Gasteiger partial charge in [0.1, 0.15) is 0 Å². The number of aromatic nitrogens is 1. The number of carbonyl (C=O) groups is 2. The Morgan fingerprint density at radius 3 is 2.33 bits per heavy atom. The van der Waals surface area contributed by atoms with Crippen molar-refractivity contribution in [2.75, 3.05) is 0 Å². The topological polar surface area (TPSA) is 79.5 Å². The van der Waals surface area contributed by atoms with Crippen LogP contribution in [0.2, 0.25) is 5.02 Å². The number of rotatable bonds is 5. The van der Waals surface area contributed by atoms with Crippen molar-refractivity contribution >= 4 is 34.4 Å². The number of carboxylic acid groups (broad SMARTS) is 1. The van der Waals surface area contributed by atoms with Crippen LogP contribution in [0.5, 0.6) is 5.75 Å². The van der Waals surface area contributed by atoms with E-state index in [1.807, 2.05) is 0 Å². The van der Waals surface area contributed by atoms with E-state index in [9.17, 15) is 28.6 Å². The van der Waals surface area contributed by atoms with Gasteiger partial charge in [-0.25, -0.2) is 8.78 Å². The summed E-state index contributed by atoms with van der Waals surface area (Å²) in [6, 6.07) is 6.78. The number of carbonyl (C=O) groups excluding carboxylic acids is 1. The molecular formula is C22H20ClF2NO4. The van der Waals surface area contributed by atoms with E-state index in [1.165, 1.54) is 31.2 Å². The van der Waals surface area contributed by atoms with Gasteiger partial charge in [0.15, 0.2) is 17.4 Å². The molecule has 1 heterocycles. The zero-order valence-corrected chi connectivity index (χ0v) is 17.3. The smallest absolute Gasteiger partial charge is 0.311 e. The third kappa shape index (κ3) is 3.43. The van der Waals surface area contributed by atoms with Gasteiger partial charge in [0.25, 0.3) is 5.91 Å². The zero-order valence-electron chi connectivity index (χ0n) is 16.5. The molecule has 8 heteroatoms. The Kier molecular flexibility index (Phi) is 5.85. The summed E-state index contributed by atoms with van der Waals surface area (Å²) in [4.78, 5) is 25.3. The average Bonchev–Trinajstić information content (AvgIpc) is 2.98. The van der Waals surface area contributed by atoms with Crippen LogP contribution in [0.15, 0.2) is 30.3 Å². The van der Waals surface area contributed by atoms with E-state index in [-0.39, 0.29) is 27.7 Å². The molecule has 2 N–H and O–H groups in total. The fourth-order valence-corrected chi connectivity index (χ4v) is 3.89. The highest BCUT2D eigenvalue weighted by molar-refractivity contribution is 6.30. The van der Waals surface area contributed by atoms with Gasteiger partial charge in [-0.05, 0) is 42.7 Å². The van der Waals surface area contributed by atoms with E-state index in [2.05, 4.69) is 0 Å². The highest BCUT2D eigenvalue weighted by atomic mass is 35.5. The maximum atomic E-state index is 15.0. The summed E-state index contributed by atoms with van der Waals surface area (Å²) in [6.07, 6.45) is 0.475. The first-order valence-corrected chi connectivity index (χ1v) is 9.72. The molecule has 0 aliphatic heterocycles. The van der Waals surface area contributed by atoms with Gasteiger partial charge in [0, 0.05) is 27.7 Å². The lowest BCUT2D eigenvalue weighted by Gasteiger charge is -2.20. The van der Waals surface area contributed by atoms with Gasteiger partial charge in [0.2, 0.25) is 0 Å². The number of hydrogen-bond acceptors (Lipinski definition) is 3. The molecule has 30 heavy (non-hydrogen) atoms. The maximum Gasteiger partial charge on any atom is 0.311 e. The first kappa shape index (κ1) is 21.8. The molecule has 3 aromatic rings. The first-order valence-electron chi connectivity index (χ1n) is 9.35. The molecule has 0 aliphatic carbocycles. The lowest BCUT2D eigenvalue weighted by molar-refractivity contribution is -0.140. The minimum absolute atomic E-state index is 0.0435. The van der Waals surface area contributed by atoms with Gasteiger partial charge in [-0.15, -0.1) is 0 Å². The third-order valence-corrected chi connectivity index (χ3v) is 5.74. The van der Waals surface area contributed by atoms with Gasteiger partial charge in [-0.2, -0.15) is 0 Å². The fourth-order valence-electron chi connectivity index (χ4n) is 3.76. The highest BCUT2D eigenvalue weighted by Gasteiger charge is 2.35. The van der Waals surface area contributed by atoms with Crippen molar-refractivity contribution in [1.82, 2.24) is 4.57 Å². The number of aliphatic carboxylic acids is 1. The van der Waals surface area contributed by atoms with Gasteiger partial charge in [0.05, 0.1) is 11.4 Å². The number of halogens is 3. The Hall–Kier alpha value is -2.93. The molecule has 5 nitrogen and oxygen atoms in total. The first-order chi connectivity index (χ1) is 14.1. The summed E-state index contributed by atoms with van der Waals surface area (Å²) in [7, 11) is 0. The van der Waals surface area contributed by atoms with Crippen molar-refractivity contribution in [2.24, 2.45) is 5.92 Å². The molecule has 158 valence electrons. The normalized spacial score (nSPS) is 13.4. The monoisotopic (exact) mass is 435 g/mol. The second kappa shape index (κ2) is 8.07. The van der Waals surface area contributed by atoms with Crippen LogP contribution in [-0.4, -0.2) is 26.7 Å². The van der Waals surface area contributed by atoms with E-state index in [0.717, 1.165) is 10.6 Å². The summed E-state index contributed by atoms with van der Waals surface area (Å²) in [6.45, 7) is 4.97. The molecule has 1 unspecified atom stereocenters. The largest absolute Gasteiger partial charge is 0.503 e. The van der Waals surface area contributed by atoms with Gasteiger partial charge in [-0.1, -0.05) is 31.9 Å². The van der Waals surface area contributed by atoms with Crippen molar-refractivity contribution in [3.8, 4) is 5.75 Å². The number of fused-ring (bicyclic) bond motifs is 1. The molecule has 0 bridgehead atoms. The minimum atomic E-state index is -1.29. The molecule has 2 atom stereocenters. The Balaban J connectivity index is 2.42. The molecular weight excluding hydrogens is 416 g/mol. The van der Waals surface area contributed by atoms with Gasteiger partial charge in [-0.3, -0.25) is 14.2 Å². The third-order valence-electron chi connectivity index (χ3n) is 5.49. The number of benzene rings is 2. The van der Waals surface area contributed by atoms with Crippen LogP contribution >= 0.6 is 11.6 Å². The predicted molar refractivity (Wildman–Crippen MR) is 109 cm³/mol. The highest BCUT2D eigenvalue weighted by Crippen LogP contribution is 2.41. The van der Waals surface area contributed by atoms with Gasteiger partial charge < -0.3 is 10.2 Å². The molecule has 0 amide bonds. The molecule has 0 saturated heterocycles. The lowest BCUT2D eigenvalue weighted by Crippen LogP contribution is -2.21. The van der Waals surface area contributed by atoms with Gasteiger partial charge >= 0.3 is 5.97 Å². The second-order valence-corrected chi connectivity index (χ2v) is 7.70. The quantitative estimate of drug-likeness (QED) is 0.555. The fraction of sp³-hybridized carbons (Fsp3) is 0.273. The number of carboxylic acids is 1. The molecule has 1 aromatic heterocycles. The molecule has 0 fully saturated rings. The second-order valence-electron chi connectivity index (χ2n) is 7.26. The molecule has 0 spiro atoms. The van der Waals surface area contributed by atoms with Crippen molar-refractivity contribution in [1.29, 1.82) is 0 Å². The zero-order chi connectivity index (χ0) is 22.3. The van der Waals surface area contributed by atoms with Crippen molar-refractivity contribution in [3.05, 3.63) is 63.8 Å². The predicted octanol–water partition coefficient (Wildman–Crippen LogP) is 5.49. The Labute approximate surface area is 176 Å². The van der Waals surface area contributed by atoms with E-state index >= 15 is 0 Å². The van der Waals surface area contributed by atoms with Crippen LogP contribution < -0.4 is 0 Å². The Morgan fingerprint density at radius 1 is 1.20 bits per heavy atom. The molecule has 0 aliphatic rings. The van der Waals surface area contributed by atoms with E-state index in [0.29, 0.717) is 11.4 Å². The summed E-state index contributed by atoms with van der Waals surface area (Å²) >= 11 is 5.87. The molecule has 3 rings (SSSR count). The standard InChI is InChI=1S/C22H20ClF2NO4/c1-4-10(2)16(22(29)30)17-11(3)26(21(28)12-5-7-13(23)8-6-12)15-9-14(24)20(27)19(25)18(15)17/h5-10,16,27H,4H2,1-3H3,(H,29,30)/t10-,16?/m0/s1. The summed E-state index contributed by atoms with van der Waals surface area (Å²) < 4.78 is 30.3. The SMILES string of the molecule is CC[C@H](C)C(C(=O)O)c1c(C)n(C(=O)c2ccc(Cl)cc2)c2cc(F)c(O)c(F)c12. The van der Waals surface area contributed by atoms with Crippen molar-refractivity contribution in [3.63, 3.8) is 0 Å². The van der Waals surface area contributed by atoms with Crippen LogP contribution in [-0.2, 0) is 4.79 Å².